The van der Waals surface area contributed by atoms with Gasteiger partial charge < -0.3 is 25.4 Å². The first-order chi connectivity index (χ1) is 14.5. The molecular formula is C21H32N4O4S. The number of aromatic nitrogens is 1. The van der Waals surface area contributed by atoms with E-state index in [0.29, 0.717) is 31.7 Å². The summed E-state index contributed by atoms with van der Waals surface area (Å²) in [6.07, 6.45) is 7.86. The van der Waals surface area contributed by atoms with Crippen LogP contribution in [0.15, 0.2) is 11.6 Å². The lowest BCUT2D eigenvalue weighted by Crippen LogP contribution is -2.57. The molecule has 0 aromatic carbocycles. The van der Waals surface area contributed by atoms with Crippen molar-refractivity contribution in [3.63, 3.8) is 0 Å². The Balaban J connectivity index is 1.34. The molecule has 3 aliphatic heterocycles. The number of amides is 3. The summed E-state index contributed by atoms with van der Waals surface area (Å²) >= 11 is 1.67. The van der Waals surface area contributed by atoms with Gasteiger partial charge in [-0.3, -0.25) is 4.79 Å². The molecule has 2 bridgehead atoms. The van der Waals surface area contributed by atoms with Gasteiger partial charge in [-0.1, -0.05) is 0 Å². The second-order valence-electron chi connectivity index (χ2n) is 8.98. The number of piperidine rings is 1. The second-order valence-corrected chi connectivity index (χ2v) is 9.91. The first-order valence-electron chi connectivity index (χ1n) is 10.9. The largest absolute Gasteiger partial charge is 0.378 e. The standard InChI is InChI=1S/C21H32N4O4S/c1-14(28-12-21-6-2-16(3-7-21)29-13-21)17(24-20(22)27)19(26)25-9-4-15(5-10-25)18-23-8-11-30-18/h8,11,14-17H,2-7,9-10,12-13H2,1H3,(H3,22,24,27). The van der Waals surface area contributed by atoms with Gasteiger partial charge in [-0.05, 0) is 45.4 Å². The van der Waals surface area contributed by atoms with E-state index in [1.807, 2.05) is 23.4 Å². The van der Waals surface area contributed by atoms with Crippen molar-refractivity contribution < 1.29 is 19.1 Å². The van der Waals surface area contributed by atoms with Crippen molar-refractivity contribution in [3.8, 4) is 0 Å². The lowest BCUT2D eigenvalue weighted by atomic mass is 9.72. The molecule has 30 heavy (non-hydrogen) atoms. The molecule has 1 saturated carbocycles. The lowest BCUT2D eigenvalue weighted by molar-refractivity contribution is -0.156. The highest BCUT2D eigenvalue weighted by Gasteiger charge is 2.43. The van der Waals surface area contributed by atoms with E-state index in [2.05, 4.69) is 10.3 Å². The topological polar surface area (TPSA) is 107 Å². The minimum atomic E-state index is -0.781. The van der Waals surface area contributed by atoms with E-state index in [-0.39, 0.29) is 11.3 Å². The highest BCUT2D eigenvalue weighted by atomic mass is 32.1. The van der Waals surface area contributed by atoms with E-state index in [0.717, 1.165) is 50.1 Å². The first kappa shape index (κ1) is 21.5. The molecule has 2 unspecified atom stereocenters. The summed E-state index contributed by atoms with van der Waals surface area (Å²) in [5, 5.41) is 5.75. The number of nitrogens with one attached hydrogen (secondary N) is 1. The predicted molar refractivity (Wildman–Crippen MR) is 113 cm³/mol. The van der Waals surface area contributed by atoms with Crippen molar-refractivity contribution >= 4 is 23.3 Å². The van der Waals surface area contributed by atoms with Gasteiger partial charge in [-0.15, -0.1) is 11.3 Å². The van der Waals surface area contributed by atoms with Gasteiger partial charge in [-0.2, -0.15) is 0 Å². The number of primary amides is 1. The van der Waals surface area contributed by atoms with E-state index in [9.17, 15) is 9.59 Å². The van der Waals surface area contributed by atoms with Crippen molar-refractivity contribution in [2.75, 3.05) is 26.3 Å². The van der Waals surface area contributed by atoms with Gasteiger partial charge in [0, 0.05) is 36.0 Å². The maximum absolute atomic E-state index is 13.2. The Hall–Kier alpha value is -1.71. The fraction of sp³-hybridized carbons (Fsp3) is 0.762. The number of carbonyl (C=O) groups is 2. The summed E-state index contributed by atoms with van der Waals surface area (Å²) in [5.74, 6) is 0.269. The zero-order valence-corrected chi connectivity index (χ0v) is 18.4. The fourth-order valence-electron chi connectivity index (χ4n) is 4.91. The number of nitrogens with zero attached hydrogens (tertiary/aromatic N) is 2. The van der Waals surface area contributed by atoms with E-state index >= 15 is 0 Å². The molecular weight excluding hydrogens is 404 g/mol. The molecule has 5 rings (SSSR count). The van der Waals surface area contributed by atoms with Gasteiger partial charge in [0.25, 0.3) is 0 Å². The normalized spacial score (nSPS) is 28.8. The predicted octanol–water partition coefficient (Wildman–Crippen LogP) is 2.25. The van der Waals surface area contributed by atoms with Crippen LogP contribution in [0.3, 0.4) is 0 Å². The zero-order valence-electron chi connectivity index (χ0n) is 17.5. The summed E-state index contributed by atoms with van der Waals surface area (Å²) < 4.78 is 12.0. The summed E-state index contributed by atoms with van der Waals surface area (Å²) in [6.45, 7) is 4.39. The molecule has 2 atom stereocenters. The highest BCUT2D eigenvalue weighted by molar-refractivity contribution is 7.09. The Morgan fingerprint density at radius 2 is 2.10 bits per heavy atom. The molecule has 3 N–H and O–H groups in total. The number of ether oxygens (including phenoxy) is 2. The minimum absolute atomic E-state index is 0.0371. The summed E-state index contributed by atoms with van der Waals surface area (Å²) in [4.78, 5) is 31.0. The molecule has 3 saturated heterocycles. The number of urea groups is 1. The number of thiazole rings is 1. The zero-order chi connectivity index (χ0) is 21.1. The van der Waals surface area contributed by atoms with Crippen molar-refractivity contribution in [3.05, 3.63) is 16.6 Å². The van der Waals surface area contributed by atoms with Crippen LogP contribution in [0.25, 0.3) is 0 Å². The Morgan fingerprint density at radius 3 is 2.67 bits per heavy atom. The molecule has 166 valence electrons. The molecule has 4 heterocycles. The third-order valence-electron chi connectivity index (χ3n) is 6.91. The third kappa shape index (κ3) is 4.78. The van der Waals surface area contributed by atoms with Gasteiger partial charge in [0.1, 0.15) is 6.04 Å². The van der Waals surface area contributed by atoms with Crippen molar-refractivity contribution in [1.82, 2.24) is 15.2 Å². The molecule has 1 aromatic rings. The van der Waals surface area contributed by atoms with Gasteiger partial charge in [-0.25, -0.2) is 9.78 Å². The van der Waals surface area contributed by atoms with Crippen LogP contribution in [0.1, 0.15) is 56.4 Å². The Bertz CT molecular complexity index is 714. The maximum Gasteiger partial charge on any atom is 0.312 e. The van der Waals surface area contributed by atoms with Crippen molar-refractivity contribution in [1.29, 1.82) is 0 Å². The molecule has 4 fully saturated rings. The third-order valence-corrected chi connectivity index (χ3v) is 7.85. The number of carbonyl (C=O) groups excluding carboxylic acids is 2. The van der Waals surface area contributed by atoms with Crippen LogP contribution in [0.5, 0.6) is 0 Å². The van der Waals surface area contributed by atoms with Crippen molar-refractivity contribution in [2.45, 2.75) is 69.6 Å². The Morgan fingerprint density at radius 1 is 1.37 bits per heavy atom. The second kappa shape index (κ2) is 9.20. The summed E-state index contributed by atoms with van der Waals surface area (Å²) in [5.41, 5.74) is 5.42. The number of hydrogen-bond donors (Lipinski definition) is 2. The van der Waals surface area contributed by atoms with Gasteiger partial charge in [0.15, 0.2) is 0 Å². The SMILES string of the molecule is CC(OCC12CCC(CC1)OC2)C(NC(N)=O)C(=O)N1CCC(c2nccs2)CC1. The van der Waals surface area contributed by atoms with Crippen LogP contribution >= 0.6 is 11.3 Å². The molecule has 1 aromatic heterocycles. The summed E-state index contributed by atoms with van der Waals surface area (Å²) in [7, 11) is 0. The molecule has 9 heteroatoms. The highest BCUT2D eigenvalue weighted by Crippen LogP contribution is 2.43. The van der Waals surface area contributed by atoms with E-state index in [4.69, 9.17) is 15.2 Å². The summed E-state index contributed by atoms with van der Waals surface area (Å²) in [6, 6.07) is -1.49. The lowest BCUT2D eigenvalue weighted by Gasteiger charge is -2.46. The average molecular weight is 437 g/mol. The average Bonchev–Trinajstić information content (AvgIpc) is 3.32. The van der Waals surface area contributed by atoms with Gasteiger partial charge in [0.05, 0.1) is 30.4 Å². The number of nitrogens with two attached hydrogens (primary N) is 1. The van der Waals surface area contributed by atoms with Crippen LogP contribution in [0, 0.1) is 5.41 Å². The molecule has 0 radical (unpaired) electrons. The van der Waals surface area contributed by atoms with Crippen LogP contribution in [-0.2, 0) is 14.3 Å². The maximum atomic E-state index is 13.2. The van der Waals surface area contributed by atoms with Crippen LogP contribution < -0.4 is 11.1 Å². The van der Waals surface area contributed by atoms with Crippen LogP contribution in [0.4, 0.5) is 4.79 Å². The monoisotopic (exact) mass is 436 g/mol. The van der Waals surface area contributed by atoms with Gasteiger partial charge in [0.2, 0.25) is 5.91 Å². The van der Waals surface area contributed by atoms with E-state index in [1.54, 1.807) is 11.3 Å². The quantitative estimate of drug-likeness (QED) is 0.682. The molecule has 4 aliphatic rings. The minimum Gasteiger partial charge on any atom is -0.378 e. The fourth-order valence-corrected chi connectivity index (χ4v) is 5.72. The Labute approximate surface area is 181 Å². The molecule has 3 amide bonds. The smallest absolute Gasteiger partial charge is 0.312 e. The number of hydrogen-bond acceptors (Lipinski definition) is 6. The molecule has 8 nitrogen and oxygen atoms in total. The molecule has 1 aliphatic carbocycles. The van der Waals surface area contributed by atoms with Crippen LogP contribution in [-0.4, -0.2) is 66.4 Å². The van der Waals surface area contributed by atoms with Crippen molar-refractivity contribution in [2.24, 2.45) is 11.1 Å². The van der Waals surface area contributed by atoms with Gasteiger partial charge >= 0.3 is 6.03 Å². The number of rotatable bonds is 7. The number of likely N-dealkylation sites (tertiary alicyclic amines) is 1. The number of fused-ring (bicyclic) bond motifs is 3. The molecule has 0 spiro atoms. The first-order valence-corrected chi connectivity index (χ1v) is 11.8. The Kier molecular flexibility index (Phi) is 6.60. The van der Waals surface area contributed by atoms with E-state index < -0.39 is 18.2 Å². The van der Waals surface area contributed by atoms with E-state index in [1.165, 1.54) is 0 Å². The van der Waals surface area contributed by atoms with Crippen LogP contribution in [0.2, 0.25) is 0 Å².